The van der Waals surface area contributed by atoms with Gasteiger partial charge in [0.25, 0.3) is 5.91 Å². The molecule has 0 unspecified atom stereocenters. The Balaban J connectivity index is 1.73. The van der Waals surface area contributed by atoms with Crippen LogP contribution in [0.25, 0.3) is 21.8 Å². The fourth-order valence-corrected chi connectivity index (χ4v) is 3.37. The number of nitrogens with one attached hydrogen (secondary N) is 1. The molecule has 0 fully saturated rings. The zero-order valence-corrected chi connectivity index (χ0v) is 15.3. The molecule has 4 aromatic rings. The maximum atomic E-state index is 13.2. The van der Waals surface area contributed by atoms with Crippen molar-refractivity contribution in [3.8, 4) is 0 Å². The topological polar surface area (TPSA) is 79.3 Å². The number of pyridine rings is 1. The van der Waals surface area contributed by atoms with Crippen molar-refractivity contribution in [1.29, 1.82) is 0 Å². The van der Waals surface area contributed by atoms with Gasteiger partial charge in [-0.3, -0.25) is 4.79 Å². The molecule has 0 saturated heterocycles. The zero-order valence-electron chi connectivity index (χ0n) is 15.3. The number of carboxylic acid groups (broad SMARTS) is 1. The minimum absolute atomic E-state index is 0.0440. The van der Waals surface area contributed by atoms with Crippen molar-refractivity contribution < 1.29 is 19.1 Å². The summed E-state index contributed by atoms with van der Waals surface area (Å²) in [6.07, 6.45) is 0.0440. The molecule has 0 aliphatic rings. The van der Waals surface area contributed by atoms with E-state index in [1.807, 2.05) is 36.4 Å². The van der Waals surface area contributed by atoms with Gasteiger partial charge < -0.3 is 10.4 Å². The molecule has 3 aromatic carbocycles. The van der Waals surface area contributed by atoms with Crippen molar-refractivity contribution in [3.05, 3.63) is 89.7 Å². The van der Waals surface area contributed by atoms with E-state index in [0.29, 0.717) is 32.9 Å². The van der Waals surface area contributed by atoms with E-state index in [-0.39, 0.29) is 6.42 Å². The molecule has 1 heterocycles. The lowest BCUT2D eigenvalue weighted by molar-refractivity contribution is -0.139. The number of aromatic nitrogens is 1. The summed E-state index contributed by atoms with van der Waals surface area (Å²) in [7, 11) is 0. The van der Waals surface area contributed by atoms with Gasteiger partial charge in [0.05, 0.1) is 16.6 Å². The summed E-state index contributed by atoms with van der Waals surface area (Å²) in [5.74, 6) is -2.06. The van der Waals surface area contributed by atoms with Crippen molar-refractivity contribution in [2.24, 2.45) is 0 Å². The minimum Gasteiger partial charge on any atom is -0.480 e. The Bertz CT molecular complexity index is 1170. The molecule has 4 rings (SSSR count). The first-order valence-corrected chi connectivity index (χ1v) is 9.08. The molecule has 0 saturated carbocycles. The second-order valence-electron chi connectivity index (χ2n) is 6.72. The number of carbonyl (C=O) groups excluding carboxylic acids is 1. The number of hydrogen-bond acceptors (Lipinski definition) is 3. The average molecular weight is 388 g/mol. The smallest absolute Gasteiger partial charge is 0.326 e. The first-order valence-electron chi connectivity index (χ1n) is 9.08. The number of benzene rings is 3. The largest absolute Gasteiger partial charge is 0.480 e. The van der Waals surface area contributed by atoms with Crippen LogP contribution >= 0.6 is 0 Å². The van der Waals surface area contributed by atoms with E-state index in [1.54, 1.807) is 12.1 Å². The molecule has 6 heteroatoms. The monoisotopic (exact) mass is 388 g/mol. The number of hydrogen-bond donors (Lipinski definition) is 2. The Morgan fingerprint density at radius 2 is 1.45 bits per heavy atom. The number of amides is 1. The number of halogens is 1. The van der Waals surface area contributed by atoms with Gasteiger partial charge in [0, 0.05) is 17.2 Å². The van der Waals surface area contributed by atoms with E-state index in [0.717, 1.165) is 0 Å². The van der Waals surface area contributed by atoms with Crippen LogP contribution in [-0.4, -0.2) is 28.0 Å². The highest BCUT2D eigenvalue weighted by Gasteiger charge is 2.24. The van der Waals surface area contributed by atoms with Crippen LogP contribution in [-0.2, 0) is 11.2 Å². The van der Waals surface area contributed by atoms with Crippen molar-refractivity contribution in [2.45, 2.75) is 12.5 Å². The summed E-state index contributed by atoms with van der Waals surface area (Å²) in [6, 6.07) is 18.9. The van der Waals surface area contributed by atoms with Gasteiger partial charge in [0.2, 0.25) is 0 Å². The van der Waals surface area contributed by atoms with Crippen LogP contribution in [0.5, 0.6) is 0 Å². The molecule has 29 heavy (non-hydrogen) atoms. The van der Waals surface area contributed by atoms with Gasteiger partial charge in [-0.05, 0) is 29.8 Å². The second-order valence-corrected chi connectivity index (χ2v) is 6.72. The van der Waals surface area contributed by atoms with Gasteiger partial charge in [0.15, 0.2) is 0 Å². The lowest BCUT2D eigenvalue weighted by Crippen LogP contribution is -2.42. The minimum atomic E-state index is -1.16. The number of carbonyl (C=O) groups is 2. The fraction of sp³-hybridized carbons (Fsp3) is 0.0870. The maximum absolute atomic E-state index is 13.2. The SMILES string of the molecule is O=C(N[C@@H](Cc1ccc(F)cc1)C(=O)O)c1c2ccccc2nc2ccccc12. The number of fused-ring (bicyclic) bond motifs is 2. The van der Waals surface area contributed by atoms with E-state index >= 15 is 0 Å². The summed E-state index contributed by atoms with van der Waals surface area (Å²) < 4.78 is 13.1. The molecular weight excluding hydrogens is 371 g/mol. The van der Waals surface area contributed by atoms with E-state index in [9.17, 15) is 19.1 Å². The van der Waals surface area contributed by atoms with E-state index < -0.39 is 23.7 Å². The Hall–Kier alpha value is -3.80. The van der Waals surface area contributed by atoms with Crippen LogP contribution in [0, 0.1) is 5.82 Å². The predicted octanol–water partition coefficient (Wildman–Crippen LogP) is 3.95. The van der Waals surface area contributed by atoms with Crippen LogP contribution in [0.15, 0.2) is 72.8 Å². The molecule has 2 N–H and O–H groups in total. The van der Waals surface area contributed by atoms with Crippen molar-refractivity contribution in [2.75, 3.05) is 0 Å². The summed E-state index contributed by atoms with van der Waals surface area (Å²) >= 11 is 0. The number of aliphatic carboxylic acids is 1. The highest BCUT2D eigenvalue weighted by atomic mass is 19.1. The van der Waals surface area contributed by atoms with Gasteiger partial charge in [-0.25, -0.2) is 14.2 Å². The Kier molecular flexibility index (Phi) is 4.91. The van der Waals surface area contributed by atoms with Gasteiger partial charge in [-0.2, -0.15) is 0 Å². The molecule has 144 valence electrons. The molecule has 1 aromatic heterocycles. The average Bonchev–Trinajstić information content (AvgIpc) is 2.72. The summed E-state index contributed by atoms with van der Waals surface area (Å²) in [6.45, 7) is 0. The molecular formula is C23H17FN2O3. The molecule has 0 aliphatic heterocycles. The molecule has 0 spiro atoms. The molecule has 1 amide bonds. The fourth-order valence-electron chi connectivity index (χ4n) is 3.37. The van der Waals surface area contributed by atoms with Crippen LogP contribution in [0.2, 0.25) is 0 Å². The third-order valence-electron chi connectivity index (χ3n) is 4.77. The van der Waals surface area contributed by atoms with E-state index in [1.165, 1.54) is 24.3 Å². The lowest BCUT2D eigenvalue weighted by Gasteiger charge is -2.17. The summed E-state index contributed by atoms with van der Waals surface area (Å²) in [4.78, 5) is 29.5. The molecule has 0 radical (unpaired) electrons. The molecule has 0 aliphatic carbocycles. The number of carboxylic acids is 1. The summed E-state index contributed by atoms with van der Waals surface area (Å²) in [5.41, 5.74) is 2.31. The second kappa shape index (κ2) is 7.67. The lowest BCUT2D eigenvalue weighted by atomic mass is 10.0. The Morgan fingerprint density at radius 3 is 2.00 bits per heavy atom. The van der Waals surface area contributed by atoms with Crippen molar-refractivity contribution in [3.63, 3.8) is 0 Å². The third-order valence-corrected chi connectivity index (χ3v) is 4.77. The first-order chi connectivity index (χ1) is 14.0. The highest BCUT2D eigenvalue weighted by molar-refractivity contribution is 6.16. The Morgan fingerprint density at radius 1 is 0.897 bits per heavy atom. The van der Waals surface area contributed by atoms with Crippen LogP contribution < -0.4 is 5.32 Å². The van der Waals surface area contributed by atoms with Crippen LogP contribution in [0.1, 0.15) is 15.9 Å². The number of rotatable bonds is 5. The summed E-state index contributed by atoms with van der Waals surface area (Å²) in [5, 5.41) is 13.5. The number of nitrogens with zero attached hydrogens (tertiary/aromatic N) is 1. The van der Waals surface area contributed by atoms with Gasteiger partial charge in [-0.1, -0.05) is 48.5 Å². The molecule has 1 atom stereocenters. The first kappa shape index (κ1) is 18.6. The highest BCUT2D eigenvalue weighted by Crippen LogP contribution is 2.26. The zero-order chi connectivity index (χ0) is 20.4. The normalized spacial score (nSPS) is 12.0. The van der Waals surface area contributed by atoms with E-state index in [4.69, 9.17) is 0 Å². The van der Waals surface area contributed by atoms with Crippen LogP contribution in [0.3, 0.4) is 0 Å². The van der Waals surface area contributed by atoms with Crippen LogP contribution in [0.4, 0.5) is 4.39 Å². The quantitative estimate of drug-likeness (QED) is 0.508. The van der Waals surface area contributed by atoms with E-state index in [2.05, 4.69) is 10.3 Å². The standard InChI is InChI=1S/C23H17FN2O3/c24-15-11-9-14(10-12-15)13-20(23(28)29)26-22(27)21-16-5-1-3-7-18(16)25-19-8-4-2-6-17(19)21/h1-12,20H,13H2,(H,26,27)(H,28,29)/t20-/m0/s1. The van der Waals surface area contributed by atoms with Gasteiger partial charge in [-0.15, -0.1) is 0 Å². The van der Waals surface area contributed by atoms with Crippen molar-refractivity contribution >= 4 is 33.7 Å². The number of para-hydroxylation sites is 2. The molecule has 5 nitrogen and oxygen atoms in total. The third kappa shape index (κ3) is 3.78. The van der Waals surface area contributed by atoms with Gasteiger partial charge in [0.1, 0.15) is 11.9 Å². The Labute approximate surface area is 165 Å². The van der Waals surface area contributed by atoms with Gasteiger partial charge >= 0.3 is 5.97 Å². The maximum Gasteiger partial charge on any atom is 0.326 e. The predicted molar refractivity (Wildman–Crippen MR) is 108 cm³/mol. The van der Waals surface area contributed by atoms with Crippen molar-refractivity contribution in [1.82, 2.24) is 10.3 Å². The molecule has 0 bridgehead atoms.